The smallest absolute Gasteiger partial charge is 0.175 e. The van der Waals surface area contributed by atoms with Crippen molar-refractivity contribution in [2.75, 3.05) is 7.11 Å². The molecule has 0 bridgehead atoms. The molecule has 0 aliphatic rings. The second kappa shape index (κ2) is 3.16. The van der Waals surface area contributed by atoms with E-state index < -0.39 is 0 Å². The summed E-state index contributed by atoms with van der Waals surface area (Å²) in [5.41, 5.74) is 1.90. The lowest BCUT2D eigenvalue weighted by Gasteiger charge is -2.00. The molecule has 0 amide bonds. The highest BCUT2D eigenvalue weighted by Crippen LogP contribution is 2.26. The summed E-state index contributed by atoms with van der Waals surface area (Å²) in [5.74, 6) is 0.796. The van der Waals surface area contributed by atoms with Gasteiger partial charge in [-0.05, 0) is 34.2 Å². The van der Waals surface area contributed by atoms with Gasteiger partial charge in [0, 0.05) is 10.5 Å². The lowest BCUT2D eigenvalue weighted by Crippen LogP contribution is -1.82. The van der Waals surface area contributed by atoms with Gasteiger partial charge in [-0.25, -0.2) is 0 Å². The fraction of sp³-hybridized carbons (Fsp3) is 0.125. The van der Waals surface area contributed by atoms with E-state index in [1.165, 1.54) is 0 Å². The number of aromatic amines is 2. The van der Waals surface area contributed by atoms with E-state index in [-0.39, 0.29) is 0 Å². The van der Waals surface area contributed by atoms with Crippen molar-refractivity contribution in [3.05, 3.63) is 21.4 Å². The van der Waals surface area contributed by atoms with Crippen LogP contribution in [-0.2, 0) is 0 Å². The number of nitrogens with one attached hydrogen (secondary N) is 2. The summed E-state index contributed by atoms with van der Waals surface area (Å²) in [6.45, 7) is 0. The number of benzene rings is 1. The first-order valence-electron chi connectivity index (χ1n) is 3.66. The number of aromatic nitrogens is 2. The molecule has 2 rings (SSSR count). The number of methoxy groups -OCH3 is 1. The molecule has 5 heteroatoms. The van der Waals surface area contributed by atoms with E-state index in [1.807, 2.05) is 12.1 Å². The van der Waals surface area contributed by atoms with Gasteiger partial charge in [0.1, 0.15) is 5.75 Å². The number of imidazole rings is 1. The maximum atomic E-state index is 5.11. The van der Waals surface area contributed by atoms with Gasteiger partial charge in [0.2, 0.25) is 0 Å². The van der Waals surface area contributed by atoms with Crippen LogP contribution in [0, 0.1) is 4.77 Å². The lowest BCUT2D eigenvalue weighted by molar-refractivity contribution is 0.415. The molecule has 2 N–H and O–H groups in total. The number of halogens is 1. The minimum absolute atomic E-state index is 0.615. The van der Waals surface area contributed by atoms with Crippen LogP contribution in [0.25, 0.3) is 11.0 Å². The molecule has 0 aliphatic carbocycles. The molecule has 3 nitrogen and oxygen atoms in total. The third kappa shape index (κ3) is 1.49. The average molecular weight is 259 g/mol. The second-order valence-electron chi connectivity index (χ2n) is 2.61. The molecule has 0 fully saturated rings. The van der Waals surface area contributed by atoms with Crippen molar-refractivity contribution >= 4 is 39.2 Å². The predicted molar refractivity (Wildman–Crippen MR) is 57.7 cm³/mol. The first kappa shape index (κ1) is 8.77. The van der Waals surface area contributed by atoms with Crippen molar-refractivity contribution in [2.24, 2.45) is 0 Å². The van der Waals surface area contributed by atoms with Crippen molar-refractivity contribution in [3.63, 3.8) is 0 Å². The molecule has 0 aliphatic heterocycles. The van der Waals surface area contributed by atoms with E-state index in [1.54, 1.807) is 7.11 Å². The molecule has 0 saturated carbocycles. The summed E-state index contributed by atoms with van der Waals surface area (Å²) in [5, 5.41) is 0. The zero-order chi connectivity index (χ0) is 9.42. The first-order chi connectivity index (χ1) is 6.20. The molecule has 1 aromatic heterocycles. The summed E-state index contributed by atoms with van der Waals surface area (Å²) in [6, 6.07) is 3.79. The van der Waals surface area contributed by atoms with Crippen LogP contribution in [0.3, 0.4) is 0 Å². The molecule has 0 atom stereocenters. The van der Waals surface area contributed by atoms with Gasteiger partial charge < -0.3 is 14.7 Å². The van der Waals surface area contributed by atoms with E-state index in [4.69, 9.17) is 17.0 Å². The van der Waals surface area contributed by atoms with E-state index in [2.05, 4.69) is 25.9 Å². The van der Waals surface area contributed by atoms with Crippen molar-refractivity contribution < 1.29 is 4.74 Å². The maximum Gasteiger partial charge on any atom is 0.175 e. The quantitative estimate of drug-likeness (QED) is 0.773. The summed E-state index contributed by atoms with van der Waals surface area (Å²) in [7, 11) is 1.63. The molecule has 1 heterocycles. The Labute approximate surface area is 88.2 Å². The molecule has 68 valence electrons. The molecule has 0 radical (unpaired) electrons. The molecule has 2 aromatic rings. The van der Waals surface area contributed by atoms with Gasteiger partial charge in [-0.15, -0.1) is 0 Å². The maximum absolute atomic E-state index is 5.11. The minimum atomic E-state index is 0.615. The fourth-order valence-electron chi connectivity index (χ4n) is 1.19. The zero-order valence-corrected chi connectivity index (χ0v) is 9.25. The van der Waals surface area contributed by atoms with Gasteiger partial charge in [0.25, 0.3) is 0 Å². The van der Waals surface area contributed by atoms with Crippen LogP contribution in [0.2, 0.25) is 0 Å². The highest BCUT2D eigenvalue weighted by molar-refractivity contribution is 9.10. The van der Waals surface area contributed by atoms with Crippen LogP contribution in [0.5, 0.6) is 5.75 Å². The first-order valence-corrected chi connectivity index (χ1v) is 4.86. The molecule has 13 heavy (non-hydrogen) atoms. The standard InChI is InChI=1S/C8H7BrN2OS/c1-12-4-2-5(9)7-6(3-4)10-8(13)11-7/h2-3H,1H3,(H2,10,11,13). The summed E-state index contributed by atoms with van der Waals surface area (Å²) < 4.78 is 6.67. The molecular formula is C8H7BrN2OS. The number of hydrogen-bond donors (Lipinski definition) is 2. The van der Waals surface area contributed by atoms with E-state index >= 15 is 0 Å². The lowest BCUT2D eigenvalue weighted by atomic mass is 10.3. The van der Waals surface area contributed by atoms with Gasteiger partial charge in [-0.1, -0.05) is 0 Å². The predicted octanol–water partition coefficient (Wildman–Crippen LogP) is 3.00. The van der Waals surface area contributed by atoms with E-state index in [0.717, 1.165) is 21.3 Å². The number of hydrogen-bond acceptors (Lipinski definition) is 2. The number of ether oxygens (including phenoxy) is 1. The molecule has 0 saturated heterocycles. The Morgan fingerprint density at radius 3 is 2.85 bits per heavy atom. The highest BCUT2D eigenvalue weighted by atomic mass is 79.9. The minimum Gasteiger partial charge on any atom is -0.497 e. The number of rotatable bonds is 1. The molecule has 1 aromatic carbocycles. The molecule has 0 unspecified atom stereocenters. The Balaban J connectivity index is 2.83. The molecular weight excluding hydrogens is 252 g/mol. The zero-order valence-electron chi connectivity index (χ0n) is 6.85. The van der Waals surface area contributed by atoms with Crippen molar-refractivity contribution in [3.8, 4) is 5.75 Å². The highest BCUT2D eigenvalue weighted by Gasteiger charge is 2.03. The second-order valence-corrected chi connectivity index (χ2v) is 3.87. The van der Waals surface area contributed by atoms with Gasteiger partial charge in [-0.3, -0.25) is 0 Å². The van der Waals surface area contributed by atoms with Crippen LogP contribution in [0.4, 0.5) is 0 Å². The van der Waals surface area contributed by atoms with Crippen LogP contribution in [-0.4, -0.2) is 17.1 Å². The van der Waals surface area contributed by atoms with Gasteiger partial charge in [0.15, 0.2) is 4.77 Å². The van der Waals surface area contributed by atoms with Crippen LogP contribution >= 0.6 is 28.1 Å². The topological polar surface area (TPSA) is 40.8 Å². The number of H-pyrrole nitrogens is 2. The Kier molecular flexibility index (Phi) is 2.13. The molecule has 0 spiro atoms. The van der Waals surface area contributed by atoms with Crippen molar-refractivity contribution in [1.82, 2.24) is 9.97 Å². The van der Waals surface area contributed by atoms with Crippen molar-refractivity contribution in [2.45, 2.75) is 0 Å². The Bertz CT molecular complexity index is 502. The van der Waals surface area contributed by atoms with Crippen LogP contribution in [0.15, 0.2) is 16.6 Å². The summed E-state index contributed by atoms with van der Waals surface area (Å²) in [4.78, 5) is 6.06. The van der Waals surface area contributed by atoms with Gasteiger partial charge in [-0.2, -0.15) is 0 Å². The largest absolute Gasteiger partial charge is 0.497 e. The summed E-state index contributed by atoms with van der Waals surface area (Å²) in [6.07, 6.45) is 0. The van der Waals surface area contributed by atoms with Crippen LogP contribution in [0.1, 0.15) is 0 Å². The average Bonchev–Trinajstić information content (AvgIpc) is 2.46. The Morgan fingerprint density at radius 2 is 2.15 bits per heavy atom. The van der Waals surface area contributed by atoms with E-state index in [0.29, 0.717) is 4.77 Å². The van der Waals surface area contributed by atoms with Crippen LogP contribution < -0.4 is 4.74 Å². The summed E-state index contributed by atoms with van der Waals surface area (Å²) >= 11 is 8.40. The van der Waals surface area contributed by atoms with Crippen molar-refractivity contribution in [1.29, 1.82) is 0 Å². The third-order valence-corrected chi connectivity index (χ3v) is 2.62. The van der Waals surface area contributed by atoms with Gasteiger partial charge in [0.05, 0.1) is 18.1 Å². The fourth-order valence-corrected chi connectivity index (χ4v) is 1.94. The Morgan fingerprint density at radius 1 is 1.38 bits per heavy atom. The normalized spacial score (nSPS) is 10.6. The Hall–Kier alpha value is -0.810. The monoisotopic (exact) mass is 258 g/mol. The SMILES string of the molecule is COc1cc(Br)c2[nH]c(=S)[nH]c2c1. The number of fused-ring (bicyclic) bond motifs is 1. The van der Waals surface area contributed by atoms with Gasteiger partial charge >= 0.3 is 0 Å². The van der Waals surface area contributed by atoms with E-state index in [9.17, 15) is 0 Å². The third-order valence-electron chi connectivity index (χ3n) is 1.79.